The lowest BCUT2D eigenvalue weighted by Gasteiger charge is -2.28. The molecule has 0 spiro atoms. The lowest BCUT2D eigenvalue weighted by Crippen LogP contribution is -2.39. The van der Waals surface area contributed by atoms with E-state index >= 15 is 0 Å². The molecule has 2 aliphatic rings. The Morgan fingerprint density at radius 2 is 1.96 bits per heavy atom. The summed E-state index contributed by atoms with van der Waals surface area (Å²) in [6.45, 7) is 2.11. The van der Waals surface area contributed by atoms with Gasteiger partial charge in [-0.25, -0.2) is 12.8 Å². The molecule has 142 valence electrons. The number of rotatable bonds is 4. The molecule has 1 aromatic rings. The predicted octanol–water partition coefficient (Wildman–Crippen LogP) is 1.38. The van der Waals surface area contributed by atoms with Crippen LogP contribution in [0.2, 0.25) is 0 Å². The van der Waals surface area contributed by atoms with Crippen molar-refractivity contribution < 1.29 is 22.4 Å². The fourth-order valence-electron chi connectivity index (χ4n) is 3.71. The highest BCUT2D eigenvalue weighted by Crippen LogP contribution is 2.29. The van der Waals surface area contributed by atoms with Crippen LogP contribution in [0.5, 0.6) is 0 Å². The molecule has 0 bridgehead atoms. The smallest absolute Gasteiger partial charge is 0.228 e. The van der Waals surface area contributed by atoms with Gasteiger partial charge in [0.15, 0.2) is 9.84 Å². The highest BCUT2D eigenvalue weighted by atomic mass is 32.2. The third-order valence-electron chi connectivity index (χ3n) is 5.44. The molecule has 0 unspecified atom stereocenters. The monoisotopic (exact) mass is 382 g/mol. The van der Waals surface area contributed by atoms with Gasteiger partial charge in [-0.3, -0.25) is 9.59 Å². The quantitative estimate of drug-likeness (QED) is 0.789. The third-order valence-corrected chi connectivity index (χ3v) is 7.19. The van der Waals surface area contributed by atoms with Gasteiger partial charge in [0, 0.05) is 26.1 Å². The molecule has 3 rings (SSSR count). The van der Waals surface area contributed by atoms with Crippen molar-refractivity contribution in [3.05, 3.63) is 35.6 Å². The first-order valence-corrected chi connectivity index (χ1v) is 10.5. The van der Waals surface area contributed by atoms with Crippen LogP contribution in [-0.4, -0.2) is 61.2 Å². The number of halogens is 1. The van der Waals surface area contributed by atoms with E-state index in [-0.39, 0.29) is 54.2 Å². The second kappa shape index (κ2) is 6.98. The summed E-state index contributed by atoms with van der Waals surface area (Å²) in [6.07, 6.45) is 0.548. The van der Waals surface area contributed by atoms with Gasteiger partial charge in [-0.2, -0.15) is 0 Å². The van der Waals surface area contributed by atoms with Gasteiger partial charge in [-0.1, -0.05) is 12.1 Å². The van der Waals surface area contributed by atoms with Crippen LogP contribution in [0.4, 0.5) is 4.39 Å². The summed E-state index contributed by atoms with van der Waals surface area (Å²) in [6, 6.07) is 5.42. The summed E-state index contributed by atoms with van der Waals surface area (Å²) < 4.78 is 36.4. The Morgan fingerprint density at radius 3 is 2.54 bits per heavy atom. The molecule has 2 amide bonds. The van der Waals surface area contributed by atoms with E-state index in [4.69, 9.17) is 0 Å². The molecule has 0 aromatic heterocycles. The number of hydrogen-bond donors (Lipinski definition) is 0. The largest absolute Gasteiger partial charge is 0.339 e. The first kappa shape index (κ1) is 18.8. The van der Waals surface area contributed by atoms with Crippen molar-refractivity contribution in [1.29, 1.82) is 0 Å². The molecule has 2 aliphatic heterocycles. The van der Waals surface area contributed by atoms with Crippen LogP contribution in [0.15, 0.2) is 24.3 Å². The number of carbonyl (C=O) groups is 2. The second-order valence-corrected chi connectivity index (χ2v) is 9.41. The molecule has 0 radical (unpaired) electrons. The maximum atomic E-state index is 13.1. The number of likely N-dealkylation sites (tertiary alicyclic amines) is 1. The van der Waals surface area contributed by atoms with Gasteiger partial charge >= 0.3 is 0 Å². The summed E-state index contributed by atoms with van der Waals surface area (Å²) in [5.41, 5.74) is 0.810. The number of benzene rings is 1. The van der Waals surface area contributed by atoms with E-state index in [1.165, 1.54) is 12.1 Å². The Morgan fingerprint density at radius 1 is 1.31 bits per heavy atom. The number of sulfone groups is 1. The topological polar surface area (TPSA) is 74.8 Å². The summed E-state index contributed by atoms with van der Waals surface area (Å²) in [5.74, 6) is -1.03. The number of carbonyl (C=O) groups excluding carboxylic acids is 2. The van der Waals surface area contributed by atoms with Crippen LogP contribution in [-0.2, 0) is 19.4 Å². The summed E-state index contributed by atoms with van der Waals surface area (Å²) in [7, 11) is -1.41. The number of amides is 2. The van der Waals surface area contributed by atoms with Gasteiger partial charge in [0.25, 0.3) is 0 Å². The summed E-state index contributed by atoms with van der Waals surface area (Å²) in [4.78, 5) is 28.2. The second-order valence-electron chi connectivity index (χ2n) is 7.18. The van der Waals surface area contributed by atoms with Crippen molar-refractivity contribution in [1.82, 2.24) is 9.80 Å². The van der Waals surface area contributed by atoms with Crippen LogP contribution in [0, 0.1) is 11.7 Å². The number of hydrogen-bond acceptors (Lipinski definition) is 4. The zero-order valence-corrected chi connectivity index (χ0v) is 15.7. The van der Waals surface area contributed by atoms with Gasteiger partial charge in [-0.15, -0.1) is 0 Å². The minimum absolute atomic E-state index is 0.0124. The molecule has 0 saturated carbocycles. The van der Waals surface area contributed by atoms with E-state index in [0.29, 0.717) is 6.42 Å². The van der Waals surface area contributed by atoms with E-state index in [1.807, 2.05) is 6.92 Å². The van der Waals surface area contributed by atoms with Crippen molar-refractivity contribution >= 4 is 21.7 Å². The summed E-state index contributed by atoms with van der Waals surface area (Å²) in [5, 5.41) is 0. The van der Waals surface area contributed by atoms with Crippen LogP contribution in [0.1, 0.15) is 31.4 Å². The Kier molecular flexibility index (Phi) is 5.05. The predicted molar refractivity (Wildman–Crippen MR) is 94.5 cm³/mol. The highest BCUT2D eigenvalue weighted by molar-refractivity contribution is 7.91. The first-order valence-electron chi connectivity index (χ1n) is 8.70. The Bertz CT molecular complexity index is 809. The molecule has 0 N–H and O–H groups in total. The molecule has 2 heterocycles. The minimum Gasteiger partial charge on any atom is -0.339 e. The van der Waals surface area contributed by atoms with Gasteiger partial charge in [0.05, 0.1) is 23.5 Å². The lowest BCUT2D eigenvalue weighted by atomic mass is 10.0. The van der Waals surface area contributed by atoms with Crippen molar-refractivity contribution in [3.63, 3.8) is 0 Å². The van der Waals surface area contributed by atoms with Crippen molar-refractivity contribution in [2.75, 3.05) is 25.1 Å². The van der Waals surface area contributed by atoms with Crippen LogP contribution < -0.4 is 0 Å². The molecule has 0 aliphatic carbocycles. The molecule has 2 fully saturated rings. The van der Waals surface area contributed by atoms with E-state index < -0.39 is 15.8 Å². The normalized spacial score (nSPS) is 26.1. The molecular formula is C18H23FN2O4S. The van der Waals surface area contributed by atoms with Gasteiger partial charge < -0.3 is 9.80 Å². The first-order chi connectivity index (χ1) is 12.2. The average Bonchev–Trinajstić information content (AvgIpc) is 3.15. The van der Waals surface area contributed by atoms with Crippen LogP contribution in [0.25, 0.3) is 0 Å². The molecule has 2 saturated heterocycles. The third kappa shape index (κ3) is 3.75. The molecule has 1 aromatic carbocycles. The van der Waals surface area contributed by atoms with Crippen molar-refractivity contribution in [3.8, 4) is 0 Å². The van der Waals surface area contributed by atoms with E-state index in [1.54, 1.807) is 29.0 Å². The molecule has 26 heavy (non-hydrogen) atoms. The summed E-state index contributed by atoms with van der Waals surface area (Å²) >= 11 is 0. The van der Waals surface area contributed by atoms with E-state index in [0.717, 1.165) is 5.56 Å². The molecule has 8 heteroatoms. The van der Waals surface area contributed by atoms with Crippen molar-refractivity contribution in [2.45, 2.75) is 31.8 Å². The van der Waals surface area contributed by atoms with Crippen LogP contribution in [0.3, 0.4) is 0 Å². The molecular weight excluding hydrogens is 359 g/mol. The molecule has 6 nitrogen and oxygen atoms in total. The van der Waals surface area contributed by atoms with Gasteiger partial charge in [-0.05, 0) is 31.0 Å². The Labute approximate surface area is 152 Å². The number of nitrogens with zero attached hydrogens (tertiary/aromatic N) is 2. The Hall–Kier alpha value is -1.96. The fraction of sp³-hybridized carbons (Fsp3) is 0.556. The maximum absolute atomic E-state index is 13.1. The van der Waals surface area contributed by atoms with Crippen LogP contribution >= 0.6 is 0 Å². The highest BCUT2D eigenvalue weighted by Gasteiger charge is 2.42. The van der Waals surface area contributed by atoms with Gasteiger partial charge in [0.2, 0.25) is 11.8 Å². The van der Waals surface area contributed by atoms with Crippen molar-refractivity contribution in [2.24, 2.45) is 5.92 Å². The Balaban J connectivity index is 1.66. The van der Waals surface area contributed by atoms with E-state index in [2.05, 4.69) is 0 Å². The lowest BCUT2D eigenvalue weighted by molar-refractivity contribution is -0.136. The van der Waals surface area contributed by atoms with E-state index in [9.17, 15) is 22.4 Å². The fourth-order valence-corrected chi connectivity index (χ4v) is 5.45. The molecule has 3 atom stereocenters. The standard InChI is InChI=1S/C18H23FN2O4S/c1-12(13-3-5-15(19)6-4-13)20(2)18(23)14-9-17(22)21(10-14)16-7-8-26(24,25)11-16/h3-6,12,14,16H,7-11H2,1-2H3/t12-,14-,16-/m1/s1. The average molecular weight is 382 g/mol. The minimum atomic E-state index is -3.08. The SMILES string of the molecule is C[C@H](c1ccc(F)cc1)N(C)C(=O)[C@@H]1CC(=O)N([C@@H]2CCS(=O)(=O)C2)C1. The maximum Gasteiger partial charge on any atom is 0.228 e. The van der Waals surface area contributed by atoms with Gasteiger partial charge in [0.1, 0.15) is 5.82 Å². The zero-order chi connectivity index (χ0) is 19.1. The zero-order valence-electron chi connectivity index (χ0n) is 14.9.